The van der Waals surface area contributed by atoms with Crippen LogP contribution in [0.4, 0.5) is 39.5 Å². The number of esters is 1. The Kier molecular flexibility index (Phi) is 20.7. The summed E-state index contributed by atoms with van der Waals surface area (Å²) in [5, 5.41) is 21.1. The molecule has 15 nitrogen and oxygen atoms in total. The van der Waals surface area contributed by atoms with Gasteiger partial charge in [0, 0.05) is 106 Å². The summed E-state index contributed by atoms with van der Waals surface area (Å²) in [7, 11) is 0. The molecule has 12 aromatic rings. The van der Waals surface area contributed by atoms with Crippen molar-refractivity contribution in [3.63, 3.8) is 0 Å². The van der Waals surface area contributed by atoms with Crippen LogP contribution in [0.1, 0.15) is 138 Å². The summed E-state index contributed by atoms with van der Waals surface area (Å²) in [5.74, 6) is -10.4. The number of carbonyl (C=O) groups is 3. The van der Waals surface area contributed by atoms with E-state index in [-0.39, 0.29) is 78.2 Å². The fourth-order valence-electron chi connectivity index (χ4n) is 15.0. The van der Waals surface area contributed by atoms with Crippen LogP contribution in [0, 0.1) is 73.1 Å². The SMILES string of the molecule is CCOC(=O)[C@@H](OC(C)(C)C)c1c(C)c(F)c2c(F)cc(F)cc2c1-c1ccc2c3c(ccnc13)CCO2.Cc1c([C@H](OC(C)(C)C)C(=O)O)c(-c2ccc3c4c(ccnc24)CCO3)c2cc(F)cc(F)c2c1F.Cc1c([C@H](OC(C)(C)C)C(=O)O)c(-c2ccc3c4c(ccnc24)CCO3)c2cc(F)cc(F)c2c1F. The van der Waals surface area contributed by atoms with Gasteiger partial charge in [0.1, 0.15) is 69.6 Å². The zero-order valence-electron chi connectivity index (χ0n) is 62.3. The second-order valence-electron chi connectivity index (χ2n) is 30.1. The van der Waals surface area contributed by atoms with E-state index in [2.05, 4.69) is 15.0 Å². The van der Waals surface area contributed by atoms with Crippen LogP contribution >= 0.6 is 0 Å². The summed E-state index contributed by atoms with van der Waals surface area (Å²) in [6.07, 6.45) is 2.22. The molecular weight excluding hydrogens is 1440 g/mol. The molecule has 9 aromatic carbocycles. The van der Waals surface area contributed by atoms with E-state index in [0.29, 0.717) is 108 Å². The Hall–Kier alpha value is -11.0. The number of pyridine rings is 3. The first-order chi connectivity index (χ1) is 52.0. The van der Waals surface area contributed by atoms with Crippen molar-refractivity contribution >= 4 is 82.9 Å². The van der Waals surface area contributed by atoms with Crippen LogP contribution in [0.2, 0.25) is 0 Å². The molecule has 0 bridgehead atoms. The van der Waals surface area contributed by atoms with Gasteiger partial charge in [-0.05, 0) is 229 Å². The van der Waals surface area contributed by atoms with E-state index in [1.165, 1.54) is 20.8 Å². The molecule has 3 aliphatic heterocycles. The monoisotopic (exact) mass is 1510 g/mol. The predicted molar refractivity (Wildman–Crippen MR) is 398 cm³/mol. The van der Waals surface area contributed by atoms with E-state index in [9.17, 15) is 46.5 Å². The van der Waals surface area contributed by atoms with E-state index in [4.69, 9.17) is 33.2 Å². The third-order valence-corrected chi connectivity index (χ3v) is 19.3. The van der Waals surface area contributed by atoms with Gasteiger partial charge in [-0.2, -0.15) is 0 Å². The predicted octanol–water partition coefficient (Wildman–Crippen LogP) is 20.4. The third-order valence-electron chi connectivity index (χ3n) is 19.3. The van der Waals surface area contributed by atoms with Crippen molar-refractivity contribution in [2.45, 2.75) is 144 Å². The Morgan fingerprint density at radius 1 is 0.418 bits per heavy atom. The van der Waals surface area contributed by atoms with Crippen LogP contribution < -0.4 is 14.2 Å². The molecule has 0 fully saturated rings. The van der Waals surface area contributed by atoms with E-state index in [0.717, 1.165) is 51.0 Å². The average Bonchev–Trinajstić information content (AvgIpc) is 0.732. The molecule has 0 aliphatic carbocycles. The largest absolute Gasteiger partial charge is 0.493 e. The average molecular weight is 1510 g/mol. The van der Waals surface area contributed by atoms with Crippen LogP contribution in [0.3, 0.4) is 0 Å². The van der Waals surface area contributed by atoms with Crippen molar-refractivity contribution in [2.75, 3.05) is 26.4 Å². The smallest absolute Gasteiger partial charge is 0.339 e. The number of aromatic nitrogens is 3. The fourth-order valence-corrected chi connectivity index (χ4v) is 15.0. The maximum absolute atomic E-state index is 15.9. The minimum absolute atomic E-state index is 0.00274. The van der Waals surface area contributed by atoms with Gasteiger partial charge in [-0.25, -0.2) is 53.9 Å². The van der Waals surface area contributed by atoms with Gasteiger partial charge >= 0.3 is 17.9 Å². The molecule has 2 N–H and O–H groups in total. The molecule has 0 radical (unpaired) electrons. The number of fused-ring (bicyclic) bond motifs is 3. The maximum atomic E-state index is 15.9. The summed E-state index contributed by atoms with van der Waals surface area (Å²) >= 11 is 0. The number of aliphatic carboxylic acids is 2. The lowest BCUT2D eigenvalue weighted by molar-refractivity contribution is -0.166. The molecule has 3 atom stereocenters. The molecule has 0 saturated heterocycles. The van der Waals surface area contributed by atoms with Crippen molar-refractivity contribution in [1.82, 2.24) is 15.0 Å². The Morgan fingerprint density at radius 3 is 0.973 bits per heavy atom. The van der Waals surface area contributed by atoms with E-state index < -0.39 is 116 Å². The van der Waals surface area contributed by atoms with Gasteiger partial charge in [-0.1, -0.05) is 0 Å². The summed E-state index contributed by atoms with van der Waals surface area (Å²) in [6.45, 7) is 22.7. The highest BCUT2D eigenvalue weighted by molar-refractivity contribution is 6.12. The highest BCUT2D eigenvalue weighted by atomic mass is 19.2. The maximum Gasteiger partial charge on any atom is 0.339 e. The van der Waals surface area contributed by atoms with Gasteiger partial charge in [-0.15, -0.1) is 0 Å². The Bertz CT molecular complexity index is 5570. The molecular formula is C86H76F9N3O12. The van der Waals surface area contributed by atoms with Crippen molar-refractivity contribution in [3.8, 4) is 50.6 Å². The molecule has 3 aliphatic rings. The van der Waals surface area contributed by atoms with Gasteiger partial charge in [0.25, 0.3) is 0 Å². The summed E-state index contributed by atoms with van der Waals surface area (Å²) < 4.78 is 177. The number of carboxylic acids is 2. The number of benzene rings is 9. The zero-order chi connectivity index (χ0) is 79.2. The minimum Gasteiger partial charge on any atom is -0.493 e. The highest BCUT2D eigenvalue weighted by Crippen LogP contribution is 2.52. The lowest BCUT2D eigenvalue weighted by Crippen LogP contribution is -2.30. The second-order valence-corrected chi connectivity index (χ2v) is 30.1. The molecule has 0 amide bonds. The van der Waals surface area contributed by atoms with Gasteiger partial charge in [-0.3, -0.25) is 15.0 Å². The van der Waals surface area contributed by atoms with E-state index in [1.54, 1.807) is 124 Å². The number of halogens is 9. The molecule has 0 saturated carbocycles. The van der Waals surface area contributed by atoms with Crippen LogP contribution in [0.15, 0.2) is 110 Å². The quantitative estimate of drug-likeness (QED) is 0.0817. The van der Waals surface area contributed by atoms with Gasteiger partial charge in [0.15, 0.2) is 18.3 Å². The second kappa shape index (κ2) is 29.5. The number of carboxylic acid groups (broad SMARTS) is 2. The van der Waals surface area contributed by atoms with Crippen molar-refractivity contribution < 1.29 is 97.3 Å². The molecule has 24 heteroatoms. The molecule has 15 rings (SSSR count). The highest BCUT2D eigenvalue weighted by Gasteiger charge is 2.40. The van der Waals surface area contributed by atoms with E-state index >= 15 is 17.6 Å². The Morgan fingerprint density at radius 2 is 0.700 bits per heavy atom. The van der Waals surface area contributed by atoms with Gasteiger partial charge in [0.2, 0.25) is 0 Å². The van der Waals surface area contributed by atoms with Crippen LogP contribution in [-0.2, 0) is 52.6 Å². The normalized spacial score (nSPS) is 14.1. The van der Waals surface area contributed by atoms with Crippen molar-refractivity contribution in [2.24, 2.45) is 0 Å². The summed E-state index contributed by atoms with van der Waals surface area (Å²) in [6, 6.07) is 20.8. The van der Waals surface area contributed by atoms with Crippen LogP contribution in [0.25, 0.3) is 98.4 Å². The summed E-state index contributed by atoms with van der Waals surface area (Å²) in [5.41, 5.74) is 3.43. The molecule has 0 unspecified atom stereocenters. The fraction of sp³-hybridized carbons (Fsp3) is 0.302. The number of ether oxygens (including phenoxy) is 7. The Balaban J connectivity index is 0.000000145. The minimum atomic E-state index is -1.62. The van der Waals surface area contributed by atoms with Gasteiger partial charge < -0.3 is 43.4 Å². The standard InChI is InChI=1S/C30H28F3NO4.2C28H24F3NO4/c1-6-36-29(35)28(38-30(3,4)5)22-15(2)26(33)25-19(13-17(31)14-20(25)32)24(22)18-7-8-21-23-16(10-12-37-21)9-11-34-27(18)23;2*1-13-20(26(27(33)34)36-28(2,3)4)22(17-11-15(29)12-18(30)23(17)24(13)31)16-5-6-19-21-14(8-10-35-19)7-9-32-25(16)21/h7-9,11,13-14,28H,6,10,12H2,1-5H3;2*5-7,9,11-12,26H,8,10H2,1-4H3,(H,33,34)/t28-;2*26-/m000/s1. The molecule has 570 valence electrons. The van der Waals surface area contributed by atoms with Crippen molar-refractivity contribution in [3.05, 3.63) is 212 Å². The number of rotatable bonds is 13. The molecule has 0 spiro atoms. The molecule has 3 aromatic heterocycles. The Labute approximate surface area is 625 Å². The van der Waals surface area contributed by atoms with Crippen LogP contribution in [0.5, 0.6) is 17.2 Å². The number of hydrogen-bond donors (Lipinski definition) is 2. The summed E-state index contributed by atoms with van der Waals surface area (Å²) in [4.78, 5) is 52.0. The first-order valence-electron chi connectivity index (χ1n) is 35.6. The zero-order valence-corrected chi connectivity index (χ0v) is 62.3. The number of nitrogens with zero attached hydrogens (tertiary/aromatic N) is 3. The number of hydrogen-bond acceptors (Lipinski definition) is 13. The van der Waals surface area contributed by atoms with Crippen LogP contribution in [-0.4, -0.2) is 86.3 Å². The lowest BCUT2D eigenvalue weighted by Gasteiger charge is -2.30. The lowest BCUT2D eigenvalue weighted by atomic mass is 9.85. The first-order valence-corrected chi connectivity index (χ1v) is 35.6. The third kappa shape index (κ3) is 14.3. The first kappa shape index (κ1) is 77.2. The topological polar surface area (TPSA) is 195 Å². The number of carbonyl (C=O) groups excluding carboxylic acids is 1. The van der Waals surface area contributed by atoms with Crippen molar-refractivity contribution in [1.29, 1.82) is 0 Å². The van der Waals surface area contributed by atoms with Gasteiger partial charge in [0.05, 0.1) is 75.9 Å². The molecule has 6 heterocycles. The molecule has 110 heavy (non-hydrogen) atoms. The van der Waals surface area contributed by atoms with E-state index in [1.807, 2.05) is 18.2 Å².